The minimum Gasteiger partial charge on any atom is -0.344 e. The second-order valence-electron chi connectivity index (χ2n) is 3.53. The molecular formula is C9H14BrNO2. The lowest BCUT2D eigenvalue weighted by Gasteiger charge is -2.27. The SMILES string of the molecule is CC(=O)NC1(C(=O)CBr)CCCC1. The van der Waals surface area contributed by atoms with Gasteiger partial charge in [0.05, 0.1) is 10.9 Å². The van der Waals surface area contributed by atoms with Gasteiger partial charge in [0.1, 0.15) is 0 Å². The van der Waals surface area contributed by atoms with Gasteiger partial charge in [0, 0.05) is 6.92 Å². The van der Waals surface area contributed by atoms with Crippen LogP contribution in [0.4, 0.5) is 0 Å². The molecule has 1 aliphatic carbocycles. The summed E-state index contributed by atoms with van der Waals surface area (Å²) in [7, 11) is 0. The highest BCUT2D eigenvalue weighted by atomic mass is 79.9. The molecule has 0 saturated heterocycles. The molecule has 13 heavy (non-hydrogen) atoms. The van der Waals surface area contributed by atoms with Gasteiger partial charge in [0.2, 0.25) is 5.91 Å². The molecule has 1 fully saturated rings. The highest BCUT2D eigenvalue weighted by Crippen LogP contribution is 2.30. The summed E-state index contributed by atoms with van der Waals surface area (Å²) in [4.78, 5) is 22.6. The van der Waals surface area contributed by atoms with Crippen molar-refractivity contribution in [1.29, 1.82) is 0 Å². The van der Waals surface area contributed by atoms with Gasteiger partial charge in [0.25, 0.3) is 0 Å². The largest absolute Gasteiger partial charge is 0.344 e. The number of carbonyl (C=O) groups excluding carboxylic acids is 2. The monoisotopic (exact) mass is 247 g/mol. The second kappa shape index (κ2) is 4.22. The summed E-state index contributed by atoms with van der Waals surface area (Å²) in [5.41, 5.74) is -0.560. The van der Waals surface area contributed by atoms with Crippen LogP contribution in [0.5, 0.6) is 0 Å². The molecule has 1 amide bonds. The van der Waals surface area contributed by atoms with Crippen molar-refractivity contribution in [3.05, 3.63) is 0 Å². The van der Waals surface area contributed by atoms with Crippen LogP contribution in [0.15, 0.2) is 0 Å². The molecule has 0 aromatic heterocycles. The lowest BCUT2D eigenvalue weighted by atomic mass is 9.93. The van der Waals surface area contributed by atoms with Crippen molar-refractivity contribution in [2.45, 2.75) is 38.1 Å². The molecule has 0 heterocycles. The van der Waals surface area contributed by atoms with Crippen molar-refractivity contribution >= 4 is 27.6 Å². The average Bonchev–Trinajstić information content (AvgIpc) is 2.51. The summed E-state index contributed by atoms with van der Waals surface area (Å²) >= 11 is 3.15. The van der Waals surface area contributed by atoms with Crippen LogP contribution in [0, 0.1) is 0 Å². The number of Topliss-reactive ketones (excluding diaryl/α,β-unsaturated/α-hetero) is 1. The molecule has 0 radical (unpaired) electrons. The van der Waals surface area contributed by atoms with Crippen LogP contribution in [-0.4, -0.2) is 22.6 Å². The summed E-state index contributed by atoms with van der Waals surface area (Å²) in [6.45, 7) is 1.46. The predicted molar refractivity (Wildman–Crippen MR) is 53.8 cm³/mol. The van der Waals surface area contributed by atoms with Crippen molar-refractivity contribution in [3.63, 3.8) is 0 Å². The smallest absolute Gasteiger partial charge is 0.217 e. The minimum atomic E-state index is -0.560. The maximum absolute atomic E-state index is 11.6. The van der Waals surface area contributed by atoms with E-state index in [4.69, 9.17) is 0 Å². The van der Waals surface area contributed by atoms with Gasteiger partial charge in [-0.25, -0.2) is 0 Å². The number of ketones is 1. The number of nitrogens with one attached hydrogen (secondary N) is 1. The Labute approximate surface area is 86.4 Å². The molecule has 0 aliphatic heterocycles. The maximum atomic E-state index is 11.6. The van der Waals surface area contributed by atoms with Crippen molar-refractivity contribution in [2.24, 2.45) is 0 Å². The van der Waals surface area contributed by atoms with E-state index < -0.39 is 5.54 Å². The van der Waals surface area contributed by atoms with Gasteiger partial charge < -0.3 is 5.32 Å². The topological polar surface area (TPSA) is 46.2 Å². The van der Waals surface area contributed by atoms with Crippen molar-refractivity contribution in [2.75, 3.05) is 5.33 Å². The highest BCUT2D eigenvalue weighted by Gasteiger charge is 2.40. The Morgan fingerprint density at radius 1 is 1.38 bits per heavy atom. The number of alkyl halides is 1. The summed E-state index contributed by atoms with van der Waals surface area (Å²) in [6, 6.07) is 0. The number of hydrogen-bond donors (Lipinski definition) is 1. The molecule has 0 atom stereocenters. The number of hydrogen-bond acceptors (Lipinski definition) is 2. The summed E-state index contributed by atoms with van der Waals surface area (Å²) in [6.07, 6.45) is 3.63. The molecule has 4 heteroatoms. The molecule has 1 rings (SSSR count). The van der Waals surface area contributed by atoms with Gasteiger partial charge in [-0.2, -0.15) is 0 Å². The normalized spacial score (nSPS) is 19.8. The zero-order chi connectivity index (χ0) is 9.90. The van der Waals surface area contributed by atoms with Gasteiger partial charge in [-0.1, -0.05) is 28.8 Å². The Balaban J connectivity index is 2.74. The first-order chi connectivity index (χ1) is 6.10. The molecule has 74 valence electrons. The van der Waals surface area contributed by atoms with Gasteiger partial charge in [-0.3, -0.25) is 9.59 Å². The predicted octanol–water partition coefficient (Wildman–Crippen LogP) is 1.40. The van der Waals surface area contributed by atoms with Crippen LogP contribution in [0.3, 0.4) is 0 Å². The molecule has 1 N–H and O–H groups in total. The number of halogens is 1. The van der Waals surface area contributed by atoms with Crippen LogP contribution in [0.1, 0.15) is 32.6 Å². The highest BCUT2D eigenvalue weighted by molar-refractivity contribution is 9.09. The third-order valence-corrected chi connectivity index (χ3v) is 3.04. The lowest BCUT2D eigenvalue weighted by Crippen LogP contribution is -2.52. The fourth-order valence-electron chi connectivity index (χ4n) is 1.92. The van der Waals surface area contributed by atoms with Crippen molar-refractivity contribution in [3.8, 4) is 0 Å². The van der Waals surface area contributed by atoms with Crippen LogP contribution in [0.25, 0.3) is 0 Å². The van der Waals surface area contributed by atoms with E-state index in [0.29, 0.717) is 5.33 Å². The maximum Gasteiger partial charge on any atom is 0.217 e. The quantitative estimate of drug-likeness (QED) is 0.767. The van der Waals surface area contributed by atoms with Crippen LogP contribution < -0.4 is 5.32 Å². The first kappa shape index (κ1) is 10.7. The zero-order valence-corrected chi connectivity index (χ0v) is 9.32. The summed E-state index contributed by atoms with van der Waals surface area (Å²) in [5.74, 6) is -0.0172. The Morgan fingerprint density at radius 2 is 1.92 bits per heavy atom. The fraction of sp³-hybridized carbons (Fsp3) is 0.778. The molecule has 1 aliphatic rings. The summed E-state index contributed by atoms with van der Waals surface area (Å²) < 4.78 is 0. The second-order valence-corrected chi connectivity index (χ2v) is 4.09. The van der Waals surface area contributed by atoms with Crippen LogP contribution in [0.2, 0.25) is 0 Å². The van der Waals surface area contributed by atoms with Crippen molar-refractivity contribution < 1.29 is 9.59 Å². The third kappa shape index (κ3) is 2.30. The van der Waals surface area contributed by atoms with E-state index in [0.717, 1.165) is 25.7 Å². The van der Waals surface area contributed by atoms with E-state index in [1.54, 1.807) is 0 Å². The van der Waals surface area contributed by atoms with E-state index in [9.17, 15) is 9.59 Å². The Bertz CT molecular complexity index is 222. The number of amides is 1. The molecule has 0 aromatic rings. The van der Waals surface area contributed by atoms with E-state index >= 15 is 0 Å². The summed E-state index contributed by atoms with van der Waals surface area (Å²) in [5, 5.41) is 3.11. The van der Waals surface area contributed by atoms with E-state index in [2.05, 4.69) is 21.2 Å². The molecule has 0 spiro atoms. The molecule has 3 nitrogen and oxygen atoms in total. The number of carbonyl (C=O) groups is 2. The van der Waals surface area contributed by atoms with E-state index in [1.165, 1.54) is 6.92 Å². The molecule has 1 saturated carbocycles. The van der Waals surface area contributed by atoms with Gasteiger partial charge in [-0.05, 0) is 12.8 Å². The van der Waals surface area contributed by atoms with E-state index in [-0.39, 0.29) is 11.7 Å². The third-order valence-electron chi connectivity index (χ3n) is 2.53. The van der Waals surface area contributed by atoms with Gasteiger partial charge >= 0.3 is 0 Å². The molecule has 0 aromatic carbocycles. The Hall–Kier alpha value is -0.380. The lowest BCUT2D eigenvalue weighted by molar-refractivity contribution is -0.129. The zero-order valence-electron chi connectivity index (χ0n) is 7.73. The standard InChI is InChI=1S/C9H14BrNO2/c1-7(12)11-9(8(13)6-10)4-2-3-5-9/h2-6H2,1H3,(H,11,12). The van der Waals surface area contributed by atoms with Crippen LogP contribution >= 0.6 is 15.9 Å². The van der Waals surface area contributed by atoms with Crippen LogP contribution in [-0.2, 0) is 9.59 Å². The first-order valence-corrected chi connectivity index (χ1v) is 5.61. The number of rotatable bonds is 3. The Kier molecular flexibility index (Phi) is 3.47. The Morgan fingerprint density at radius 3 is 2.31 bits per heavy atom. The van der Waals surface area contributed by atoms with E-state index in [1.807, 2.05) is 0 Å². The molecule has 0 bridgehead atoms. The minimum absolute atomic E-state index is 0.0974. The average molecular weight is 248 g/mol. The fourth-order valence-corrected chi connectivity index (χ4v) is 2.45. The molecular weight excluding hydrogens is 234 g/mol. The van der Waals surface area contributed by atoms with Crippen molar-refractivity contribution in [1.82, 2.24) is 5.32 Å². The first-order valence-electron chi connectivity index (χ1n) is 4.49. The van der Waals surface area contributed by atoms with Gasteiger partial charge in [-0.15, -0.1) is 0 Å². The molecule has 0 unspecified atom stereocenters. The van der Waals surface area contributed by atoms with Gasteiger partial charge in [0.15, 0.2) is 5.78 Å².